The fourth-order valence-corrected chi connectivity index (χ4v) is 2.20. The third kappa shape index (κ3) is 6.14. The minimum Gasteiger partial charge on any atom is -0.469 e. The van der Waals surface area contributed by atoms with Crippen LogP contribution in [0.4, 0.5) is 0 Å². The first-order valence-electron chi connectivity index (χ1n) is 6.73. The summed E-state index contributed by atoms with van der Waals surface area (Å²) in [5.74, 6) is -0.401. The van der Waals surface area contributed by atoms with Crippen molar-refractivity contribution in [2.45, 2.75) is 19.4 Å². The molecule has 0 spiro atoms. The van der Waals surface area contributed by atoms with E-state index in [1.165, 1.54) is 7.11 Å². The van der Waals surface area contributed by atoms with Crippen molar-refractivity contribution in [3.8, 4) is 0 Å². The van der Waals surface area contributed by atoms with E-state index < -0.39 is 0 Å². The van der Waals surface area contributed by atoms with Gasteiger partial charge >= 0.3 is 5.97 Å². The topological polar surface area (TPSA) is 58.6 Å². The highest BCUT2D eigenvalue weighted by Gasteiger charge is 2.14. The predicted molar refractivity (Wildman–Crippen MR) is 82.1 cm³/mol. The molecule has 0 aromatic heterocycles. The SMILES string of the molecule is COC(=O)CCN(C)CC(=O)NC(C)c1ccccc1Cl. The number of hydrogen-bond donors (Lipinski definition) is 1. The fourth-order valence-electron chi connectivity index (χ4n) is 1.90. The number of benzene rings is 1. The van der Waals surface area contributed by atoms with E-state index in [9.17, 15) is 9.59 Å². The normalized spacial score (nSPS) is 12.0. The molecule has 1 rings (SSSR count). The second kappa shape index (κ2) is 8.64. The van der Waals surface area contributed by atoms with Crippen LogP contribution in [0.25, 0.3) is 0 Å². The van der Waals surface area contributed by atoms with Crippen LogP contribution in [-0.4, -0.2) is 44.0 Å². The van der Waals surface area contributed by atoms with E-state index in [1.54, 1.807) is 18.0 Å². The summed E-state index contributed by atoms with van der Waals surface area (Å²) in [7, 11) is 3.13. The molecule has 0 aliphatic carbocycles. The van der Waals surface area contributed by atoms with Crippen molar-refractivity contribution >= 4 is 23.5 Å². The molecule has 1 amide bonds. The van der Waals surface area contributed by atoms with Gasteiger partial charge in [-0.1, -0.05) is 29.8 Å². The largest absolute Gasteiger partial charge is 0.469 e. The summed E-state index contributed by atoms with van der Waals surface area (Å²) in [4.78, 5) is 24.8. The van der Waals surface area contributed by atoms with Gasteiger partial charge in [-0.3, -0.25) is 14.5 Å². The molecular formula is C15H21ClN2O3. The van der Waals surface area contributed by atoms with Crippen molar-refractivity contribution in [1.82, 2.24) is 10.2 Å². The van der Waals surface area contributed by atoms with Crippen molar-refractivity contribution in [1.29, 1.82) is 0 Å². The molecule has 1 aromatic rings. The molecule has 21 heavy (non-hydrogen) atoms. The fraction of sp³-hybridized carbons (Fsp3) is 0.467. The van der Waals surface area contributed by atoms with E-state index in [2.05, 4.69) is 10.1 Å². The average Bonchev–Trinajstić information content (AvgIpc) is 2.44. The molecule has 1 unspecified atom stereocenters. The average molecular weight is 313 g/mol. The molecule has 0 aliphatic heterocycles. The standard InChI is InChI=1S/C15H21ClN2O3/c1-11(12-6-4-5-7-13(12)16)17-14(19)10-18(2)9-8-15(20)21-3/h4-7,11H,8-10H2,1-3H3,(H,17,19). The lowest BCUT2D eigenvalue weighted by Gasteiger charge is -2.19. The van der Waals surface area contributed by atoms with Crippen molar-refractivity contribution in [3.05, 3.63) is 34.9 Å². The highest BCUT2D eigenvalue weighted by atomic mass is 35.5. The van der Waals surface area contributed by atoms with Crippen LogP contribution in [0, 0.1) is 0 Å². The predicted octanol–water partition coefficient (Wildman–Crippen LogP) is 2.01. The van der Waals surface area contributed by atoms with E-state index >= 15 is 0 Å². The van der Waals surface area contributed by atoms with Crippen molar-refractivity contribution in [2.24, 2.45) is 0 Å². The minimum atomic E-state index is -0.285. The molecule has 0 fully saturated rings. The minimum absolute atomic E-state index is 0.116. The van der Waals surface area contributed by atoms with Gasteiger partial charge in [0.15, 0.2) is 0 Å². The molecule has 0 saturated heterocycles. The summed E-state index contributed by atoms with van der Waals surface area (Å²) in [5, 5.41) is 3.52. The monoisotopic (exact) mass is 312 g/mol. The molecule has 116 valence electrons. The molecule has 0 bridgehead atoms. The van der Waals surface area contributed by atoms with Crippen LogP contribution in [0.3, 0.4) is 0 Å². The zero-order valence-corrected chi connectivity index (χ0v) is 13.3. The van der Waals surface area contributed by atoms with Crippen molar-refractivity contribution in [2.75, 3.05) is 27.2 Å². The zero-order chi connectivity index (χ0) is 15.8. The van der Waals surface area contributed by atoms with Crippen LogP contribution < -0.4 is 5.32 Å². The molecule has 0 heterocycles. The Morgan fingerprint density at radius 1 is 1.38 bits per heavy atom. The van der Waals surface area contributed by atoms with Gasteiger partial charge in [-0.25, -0.2) is 0 Å². The summed E-state index contributed by atoms with van der Waals surface area (Å²) >= 11 is 6.10. The lowest BCUT2D eigenvalue weighted by atomic mass is 10.1. The highest BCUT2D eigenvalue weighted by molar-refractivity contribution is 6.31. The third-order valence-corrected chi connectivity index (χ3v) is 3.43. The number of carbonyl (C=O) groups excluding carboxylic acids is 2. The van der Waals surface area contributed by atoms with Crippen LogP contribution in [-0.2, 0) is 14.3 Å². The van der Waals surface area contributed by atoms with Gasteiger partial charge < -0.3 is 10.1 Å². The number of rotatable bonds is 7. The van der Waals surface area contributed by atoms with Crippen LogP contribution in [0.2, 0.25) is 5.02 Å². The Hall–Kier alpha value is -1.59. The van der Waals surface area contributed by atoms with Gasteiger partial charge in [-0.05, 0) is 25.6 Å². The molecule has 1 atom stereocenters. The molecular weight excluding hydrogens is 292 g/mol. The summed E-state index contributed by atoms with van der Waals surface area (Å²) in [6.45, 7) is 2.57. The number of halogens is 1. The molecule has 1 aromatic carbocycles. The van der Waals surface area contributed by atoms with Gasteiger partial charge in [0, 0.05) is 11.6 Å². The highest BCUT2D eigenvalue weighted by Crippen LogP contribution is 2.21. The molecule has 6 heteroatoms. The molecule has 1 N–H and O–H groups in total. The molecule has 0 saturated carbocycles. The number of methoxy groups -OCH3 is 1. The van der Waals surface area contributed by atoms with Crippen LogP contribution in [0.15, 0.2) is 24.3 Å². The summed E-state index contributed by atoms with van der Waals surface area (Å²) in [6, 6.07) is 7.24. The first kappa shape index (κ1) is 17.5. The van der Waals surface area contributed by atoms with Gasteiger partial charge in [0.2, 0.25) is 5.91 Å². The van der Waals surface area contributed by atoms with Crippen molar-refractivity contribution in [3.63, 3.8) is 0 Å². The van der Waals surface area contributed by atoms with Gasteiger partial charge in [-0.2, -0.15) is 0 Å². The first-order valence-corrected chi connectivity index (χ1v) is 7.11. The number of esters is 1. The number of nitrogens with one attached hydrogen (secondary N) is 1. The Kier molecular flexibility index (Phi) is 7.19. The van der Waals surface area contributed by atoms with E-state index in [0.29, 0.717) is 11.6 Å². The Morgan fingerprint density at radius 3 is 2.67 bits per heavy atom. The third-order valence-electron chi connectivity index (χ3n) is 3.09. The van der Waals surface area contributed by atoms with Crippen LogP contribution in [0.5, 0.6) is 0 Å². The van der Waals surface area contributed by atoms with Crippen molar-refractivity contribution < 1.29 is 14.3 Å². The lowest BCUT2D eigenvalue weighted by Crippen LogP contribution is -2.37. The Labute approximate surface area is 130 Å². The number of nitrogens with zero attached hydrogens (tertiary/aromatic N) is 1. The Balaban J connectivity index is 2.43. The van der Waals surface area contributed by atoms with Gasteiger partial charge in [-0.15, -0.1) is 0 Å². The van der Waals surface area contributed by atoms with E-state index in [1.807, 2.05) is 25.1 Å². The zero-order valence-electron chi connectivity index (χ0n) is 12.6. The lowest BCUT2D eigenvalue weighted by molar-refractivity contribution is -0.141. The van der Waals surface area contributed by atoms with Gasteiger partial charge in [0.25, 0.3) is 0 Å². The number of carbonyl (C=O) groups is 2. The smallest absolute Gasteiger partial charge is 0.306 e. The summed E-state index contributed by atoms with van der Waals surface area (Å²) in [5.41, 5.74) is 0.879. The van der Waals surface area contributed by atoms with Gasteiger partial charge in [0.05, 0.1) is 26.1 Å². The Bertz CT molecular complexity index is 494. The maximum atomic E-state index is 12.0. The second-order valence-corrected chi connectivity index (χ2v) is 5.28. The number of likely N-dealkylation sites (N-methyl/N-ethyl adjacent to an activating group) is 1. The molecule has 0 aliphatic rings. The number of ether oxygens (including phenoxy) is 1. The molecule has 0 radical (unpaired) electrons. The van der Waals surface area contributed by atoms with E-state index in [0.717, 1.165) is 5.56 Å². The van der Waals surface area contributed by atoms with E-state index in [-0.39, 0.29) is 30.9 Å². The van der Waals surface area contributed by atoms with Gasteiger partial charge in [0.1, 0.15) is 0 Å². The Morgan fingerprint density at radius 2 is 2.05 bits per heavy atom. The number of amides is 1. The maximum absolute atomic E-state index is 12.0. The van der Waals surface area contributed by atoms with Crippen LogP contribution in [0.1, 0.15) is 24.9 Å². The maximum Gasteiger partial charge on any atom is 0.306 e. The summed E-state index contributed by atoms with van der Waals surface area (Å²) in [6.07, 6.45) is 0.264. The second-order valence-electron chi connectivity index (χ2n) is 4.87. The van der Waals surface area contributed by atoms with E-state index in [4.69, 9.17) is 11.6 Å². The van der Waals surface area contributed by atoms with Crippen LogP contribution >= 0.6 is 11.6 Å². The first-order chi connectivity index (χ1) is 9.93. The number of hydrogen-bond acceptors (Lipinski definition) is 4. The quantitative estimate of drug-likeness (QED) is 0.783. The summed E-state index contributed by atoms with van der Waals surface area (Å²) < 4.78 is 4.56. The molecule has 5 nitrogen and oxygen atoms in total.